The Balaban J connectivity index is 1.87. The van der Waals surface area contributed by atoms with E-state index in [2.05, 4.69) is 15.3 Å². The van der Waals surface area contributed by atoms with Crippen LogP contribution >= 0.6 is 11.6 Å². The van der Waals surface area contributed by atoms with Gasteiger partial charge in [0.2, 0.25) is 17.5 Å². The minimum Gasteiger partial charge on any atom is -0.325 e. The molecule has 0 unspecified atom stereocenters. The number of alkyl halides is 1. The zero-order valence-electron chi connectivity index (χ0n) is 12.7. The number of hydrogen-bond donors (Lipinski definition) is 1. The fourth-order valence-corrected chi connectivity index (χ4v) is 2.84. The smallest absolute Gasteiger partial charge is 0.239 e. The zero-order chi connectivity index (χ0) is 17.6. The first-order chi connectivity index (χ1) is 12.1. The van der Waals surface area contributed by atoms with Gasteiger partial charge in [-0.15, -0.1) is 11.6 Å². The summed E-state index contributed by atoms with van der Waals surface area (Å²) in [7, 11) is 0. The topological polar surface area (TPSA) is 89.0 Å². The first-order valence-corrected chi connectivity index (χ1v) is 7.98. The molecule has 1 aliphatic rings. The fraction of sp³-hybridized carbons (Fsp3) is 0.0556. The molecule has 0 radical (unpaired) electrons. The van der Waals surface area contributed by atoms with Gasteiger partial charge in [0, 0.05) is 16.8 Å². The lowest BCUT2D eigenvalue weighted by molar-refractivity contribution is -0.113. The Morgan fingerprint density at radius 1 is 0.920 bits per heavy atom. The number of ketones is 2. The SMILES string of the molecule is O=C(CCl)Nc1ccc2nc3c(nc2c1)C(=O)c1ccccc1C3=O. The van der Waals surface area contributed by atoms with Gasteiger partial charge in [-0.1, -0.05) is 24.3 Å². The van der Waals surface area contributed by atoms with E-state index in [1.54, 1.807) is 42.5 Å². The lowest BCUT2D eigenvalue weighted by Gasteiger charge is -2.16. The standard InChI is InChI=1S/C18H10ClN3O3/c19-8-14(23)20-9-5-6-12-13(7-9)22-16-15(21-12)17(24)10-3-1-2-4-11(10)18(16)25/h1-7H,8H2,(H,20,23). The predicted molar refractivity (Wildman–Crippen MR) is 92.2 cm³/mol. The summed E-state index contributed by atoms with van der Waals surface area (Å²) in [6.07, 6.45) is 0. The number of carbonyl (C=O) groups is 3. The van der Waals surface area contributed by atoms with Crippen LogP contribution in [0.5, 0.6) is 0 Å². The van der Waals surface area contributed by atoms with Crippen LogP contribution in [-0.4, -0.2) is 33.3 Å². The minimum absolute atomic E-state index is 0.0250. The van der Waals surface area contributed by atoms with Gasteiger partial charge in [0.15, 0.2) is 0 Å². The number of rotatable bonds is 2. The third-order valence-corrected chi connectivity index (χ3v) is 4.16. The summed E-state index contributed by atoms with van der Waals surface area (Å²) in [5, 5.41) is 2.61. The molecule has 122 valence electrons. The number of anilines is 1. The summed E-state index contributed by atoms with van der Waals surface area (Å²) in [6, 6.07) is 11.5. The van der Waals surface area contributed by atoms with E-state index in [0.29, 0.717) is 27.8 Å². The van der Waals surface area contributed by atoms with Crippen molar-refractivity contribution in [2.75, 3.05) is 11.2 Å². The van der Waals surface area contributed by atoms with Crippen molar-refractivity contribution in [3.63, 3.8) is 0 Å². The highest BCUT2D eigenvalue weighted by atomic mass is 35.5. The molecule has 1 amide bonds. The van der Waals surface area contributed by atoms with Crippen molar-refractivity contribution < 1.29 is 14.4 Å². The van der Waals surface area contributed by atoms with E-state index in [1.165, 1.54) is 0 Å². The number of nitrogens with zero attached hydrogens (tertiary/aromatic N) is 2. The summed E-state index contributed by atoms with van der Waals surface area (Å²) >= 11 is 5.48. The average Bonchev–Trinajstić information content (AvgIpc) is 2.64. The van der Waals surface area contributed by atoms with Crippen molar-refractivity contribution >= 4 is 45.8 Å². The van der Waals surface area contributed by atoms with Crippen LogP contribution in [0.3, 0.4) is 0 Å². The molecular weight excluding hydrogens is 342 g/mol. The Labute approximate surface area is 146 Å². The Bertz CT molecular complexity index is 1080. The molecule has 0 atom stereocenters. The second-order valence-electron chi connectivity index (χ2n) is 5.51. The molecule has 1 N–H and O–H groups in total. The second-order valence-corrected chi connectivity index (χ2v) is 5.78. The number of halogens is 1. The van der Waals surface area contributed by atoms with E-state index in [-0.39, 0.29) is 34.7 Å². The van der Waals surface area contributed by atoms with Crippen molar-refractivity contribution in [1.29, 1.82) is 0 Å². The normalized spacial score (nSPS) is 12.7. The first-order valence-electron chi connectivity index (χ1n) is 7.44. The van der Waals surface area contributed by atoms with Gasteiger partial charge in [0.25, 0.3) is 0 Å². The molecule has 1 aliphatic carbocycles. The van der Waals surface area contributed by atoms with Crippen molar-refractivity contribution in [1.82, 2.24) is 9.97 Å². The summed E-state index contributed by atoms with van der Waals surface area (Å²) < 4.78 is 0. The molecular formula is C18H10ClN3O3. The lowest BCUT2D eigenvalue weighted by atomic mass is 9.89. The van der Waals surface area contributed by atoms with Crippen LogP contribution in [0.2, 0.25) is 0 Å². The van der Waals surface area contributed by atoms with Crippen LogP contribution in [0.1, 0.15) is 32.1 Å². The number of nitrogens with one attached hydrogen (secondary N) is 1. The second kappa shape index (κ2) is 5.75. The third kappa shape index (κ3) is 2.47. The molecule has 0 fully saturated rings. The average molecular weight is 352 g/mol. The number of benzene rings is 2. The van der Waals surface area contributed by atoms with Crippen LogP contribution in [0.25, 0.3) is 11.0 Å². The van der Waals surface area contributed by atoms with Crippen molar-refractivity contribution in [3.05, 3.63) is 65.0 Å². The maximum absolute atomic E-state index is 12.7. The molecule has 0 saturated carbocycles. The lowest BCUT2D eigenvalue weighted by Crippen LogP contribution is -2.23. The van der Waals surface area contributed by atoms with Gasteiger partial charge < -0.3 is 5.32 Å². The molecule has 6 nitrogen and oxygen atoms in total. The Kier molecular flexibility index (Phi) is 3.54. The number of amides is 1. The molecule has 7 heteroatoms. The number of carbonyl (C=O) groups excluding carboxylic acids is 3. The van der Waals surface area contributed by atoms with E-state index in [0.717, 1.165) is 0 Å². The molecule has 0 aliphatic heterocycles. The first kappa shape index (κ1) is 15.4. The molecule has 0 saturated heterocycles. The Morgan fingerprint density at radius 2 is 1.52 bits per heavy atom. The summed E-state index contributed by atoms with van der Waals surface area (Å²) in [5.74, 6) is -1.18. The number of aromatic nitrogens is 2. The number of fused-ring (bicyclic) bond motifs is 3. The molecule has 0 spiro atoms. The van der Waals surface area contributed by atoms with Gasteiger partial charge in [0.05, 0.1) is 11.0 Å². The fourth-order valence-electron chi connectivity index (χ4n) is 2.78. The number of hydrogen-bond acceptors (Lipinski definition) is 5. The largest absolute Gasteiger partial charge is 0.325 e. The van der Waals surface area contributed by atoms with Gasteiger partial charge in [-0.2, -0.15) is 0 Å². The van der Waals surface area contributed by atoms with Crippen LogP contribution in [0.15, 0.2) is 42.5 Å². The van der Waals surface area contributed by atoms with Crippen molar-refractivity contribution in [3.8, 4) is 0 Å². The maximum atomic E-state index is 12.7. The summed E-state index contributed by atoms with van der Waals surface area (Å²) in [5.41, 5.74) is 2.09. The molecule has 4 rings (SSSR count). The van der Waals surface area contributed by atoms with E-state index in [4.69, 9.17) is 11.6 Å². The van der Waals surface area contributed by atoms with Gasteiger partial charge in [0.1, 0.15) is 17.3 Å². The van der Waals surface area contributed by atoms with Crippen LogP contribution < -0.4 is 5.32 Å². The quantitative estimate of drug-likeness (QED) is 0.561. The summed E-state index contributed by atoms with van der Waals surface area (Å²) in [4.78, 5) is 45.3. The maximum Gasteiger partial charge on any atom is 0.239 e. The van der Waals surface area contributed by atoms with E-state index in [1.807, 2.05) is 0 Å². The predicted octanol–water partition coefficient (Wildman–Crippen LogP) is 2.58. The van der Waals surface area contributed by atoms with Gasteiger partial charge in [-0.25, -0.2) is 9.97 Å². The van der Waals surface area contributed by atoms with Crippen LogP contribution in [-0.2, 0) is 4.79 Å². The van der Waals surface area contributed by atoms with Crippen LogP contribution in [0, 0.1) is 0 Å². The highest BCUT2D eigenvalue weighted by Gasteiger charge is 2.32. The molecule has 0 bridgehead atoms. The highest BCUT2D eigenvalue weighted by Crippen LogP contribution is 2.27. The molecule has 2 aromatic carbocycles. The third-order valence-electron chi connectivity index (χ3n) is 3.92. The summed E-state index contributed by atoms with van der Waals surface area (Å²) in [6.45, 7) is 0. The van der Waals surface area contributed by atoms with Crippen LogP contribution in [0.4, 0.5) is 5.69 Å². The minimum atomic E-state index is -0.355. The van der Waals surface area contributed by atoms with Gasteiger partial charge >= 0.3 is 0 Å². The van der Waals surface area contributed by atoms with Gasteiger partial charge in [-0.3, -0.25) is 14.4 Å². The van der Waals surface area contributed by atoms with E-state index >= 15 is 0 Å². The molecule has 3 aromatic rings. The van der Waals surface area contributed by atoms with Crippen molar-refractivity contribution in [2.45, 2.75) is 0 Å². The highest BCUT2D eigenvalue weighted by molar-refractivity contribution is 6.29. The Morgan fingerprint density at radius 3 is 2.12 bits per heavy atom. The van der Waals surface area contributed by atoms with Gasteiger partial charge in [-0.05, 0) is 18.2 Å². The zero-order valence-corrected chi connectivity index (χ0v) is 13.5. The molecule has 1 aromatic heterocycles. The van der Waals surface area contributed by atoms with E-state index in [9.17, 15) is 14.4 Å². The molecule has 25 heavy (non-hydrogen) atoms. The van der Waals surface area contributed by atoms with Crippen molar-refractivity contribution in [2.24, 2.45) is 0 Å². The molecule has 1 heterocycles. The Hall–Kier alpha value is -3.12. The monoisotopic (exact) mass is 351 g/mol. The van der Waals surface area contributed by atoms with E-state index < -0.39 is 0 Å².